The third-order valence-electron chi connectivity index (χ3n) is 8.78. The van der Waals surface area contributed by atoms with Gasteiger partial charge in [-0.25, -0.2) is 4.79 Å². The van der Waals surface area contributed by atoms with Crippen molar-refractivity contribution in [2.45, 2.75) is 124 Å². The van der Waals surface area contributed by atoms with Crippen LogP contribution in [0.2, 0.25) is 0 Å². The summed E-state index contributed by atoms with van der Waals surface area (Å²) in [5.74, 6) is 4.08. The fraction of sp³-hybridized carbons (Fsp3) is 0.862. The molecule has 3 rings (SSSR count). The van der Waals surface area contributed by atoms with E-state index in [2.05, 4.69) is 13.8 Å². The Bertz CT molecular complexity index is 651. The summed E-state index contributed by atoms with van der Waals surface area (Å²) in [5, 5.41) is 0. The van der Waals surface area contributed by atoms with Gasteiger partial charge in [0.1, 0.15) is 5.76 Å². The molecule has 3 aliphatic rings. The van der Waals surface area contributed by atoms with Gasteiger partial charge in [0.2, 0.25) is 0 Å². The summed E-state index contributed by atoms with van der Waals surface area (Å²) < 4.78 is 11.1. The van der Waals surface area contributed by atoms with Crippen LogP contribution in [0.1, 0.15) is 124 Å². The van der Waals surface area contributed by atoms with Crippen LogP contribution in [0.3, 0.4) is 0 Å². The highest BCUT2D eigenvalue weighted by molar-refractivity contribution is 5.89. The second-order valence-electron chi connectivity index (χ2n) is 11.1. The Morgan fingerprint density at radius 1 is 0.788 bits per heavy atom. The standard InChI is InChI=1S/C29H48O4/c1-4-6-7-19-32-29(31)27-18-17-26(20-28(27)33-21(3)30)25-15-13-24(14-16-25)23-11-9-22(8-5-2)10-12-23/h22-26H,4-20H2,1-3H3/t22-,23-,24?,25?,26?. The lowest BCUT2D eigenvalue weighted by Crippen LogP contribution is -2.30. The molecule has 4 heteroatoms. The number of carbonyl (C=O) groups excluding carboxylic acids is 2. The van der Waals surface area contributed by atoms with Gasteiger partial charge in [0.05, 0.1) is 12.2 Å². The number of hydrogen-bond donors (Lipinski definition) is 0. The molecule has 4 nitrogen and oxygen atoms in total. The molecule has 0 aromatic carbocycles. The maximum Gasteiger partial charge on any atom is 0.337 e. The van der Waals surface area contributed by atoms with Crippen LogP contribution >= 0.6 is 0 Å². The van der Waals surface area contributed by atoms with E-state index >= 15 is 0 Å². The van der Waals surface area contributed by atoms with Crippen LogP contribution in [-0.4, -0.2) is 18.5 Å². The third kappa shape index (κ3) is 7.86. The van der Waals surface area contributed by atoms with Crippen molar-refractivity contribution in [2.24, 2.45) is 29.6 Å². The van der Waals surface area contributed by atoms with Gasteiger partial charge < -0.3 is 9.47 Å². The van der Waals surface area contributed by atoms with E-state index in [4.69, 9.17) is 9.47 Å². The fourth-order valence-electron chi connectivity index (χ4n) is 6.88. The Morgan fingerprint density at radius 3 is 1.97 bits per heavy atom. The molecule has 1 atom stereocenters. The Hall–Kier alpha value is -1.32. The van der Waals surface area contributed by atoms with E-state index in [-0.39, 0.29) is 11.9 Å². The van der Waals surface area contributed by atoms with Crippen molar-refractivity contribution < 1.29 is 19.1 Å². The van der Waals surface area contributed by atoms with Crippen molar-refractivity contribution >= 4 is 11.9 Å². The lowest BCUT2D eigenvalue weighted by Gasteiger charge is -2.40. The van der Waals surface area contributed by atoms with Crippen molar-refractivity contribution in [3.8, 4) is 0 Å². The van der Waals surface area contributed by atoms with Crippen LogP contribution in [0, 0.1) is 29.6 Å². The molecule has 0 aliphatic heterocycles. The number of hydrogen-bond acceptors (Lipinski definition) is 4. The highest BCUT2D eigenvalue weighted by Gasteiger charge is 2.36. The Labute approximate surface area is 202 Å². The highest BCUT2D eigenvalue weighted by atomic mass is 16.5. The number of allylic oxidation sites excluding steroid dienone is 1. The summed E-state index contributed by atoms with van der Waals surface area (Å²) in [6, 6.07) is 0. The summed E-state index contributed by atoms with van der Waals surface area (Å²) >= 11 is 0. The van der Waals surface area contributed by atoms with Gasteiger partial charge in [0.25, 0.3) is 0 Å². The molecule has 0 heterocycles. The zero-order chi connectivity index (χ0) is 23.6. The largest absolute Gasteiger partial charge is 0.462 e. The SMILES string of the molecule is CCCCCOC(=O)C1=C(OC(C)=O)CC(C2CCC([C@H]3CC[C@H](CCC)CC3)CC2)CC1. The first-order valence-corrected chi connectivity index (χ1v) is 14.1. The highest BCUT2D eigenvalue weighted by Crippen LogP contribution is 2.46. The van der Waals surface area contributed by atoms with E-state index in [0.29, 0.717) is 36.2 Å². The molecule has 0 radical (unpaired) electrons. The van der Waals surface area contributed by atoms with Gasteiger partial charge in [-0.1, -0.05) is 52.4 Å². The molecular weight excluding hydrogens is 412 g/mol. The Kier molecular flexibility index (Phi) is 10.8. The second kappa shape index (κ2) is 13.5. The molecule has 1 unspecified atom stereocenters. The number of carbonyl (C=O) groups is 2. The van der Waals surface area contributed by atoms with Crippen LogP contribution in [0.4, 0.5) is 0 Å². The molecule has 2 saturated carbocycles. The smallest absolute Gasteiger partial charge is 0.337 e. The molecule has 0 aromatic rings. The van der Waals surface area contributed by atoms with Gasteiger partial charge in [0.15, 0.2) is 0 Å². The number of esters is 2. The fourth-order valence-corrected chi connectivity index (χ4v) is 6.88. The van der Waals surface area contributed by atoms with Gasteiger partial charge in [-0.05, 0) is 87.4 Å². The van der Waals surface area contributed by atoms with Gasteiger partial charge in [-0.3, -0.25) is 4.79 Å². The van der Waals surface area contributed by atoms with Crippen molar-refractivity contribution in [3.05, 3.63) is 11.3 Å². The van der Waals surface area contributed by atoms with Crippen LogP contribution < -0.4 is 0 Å². The van der Waals surface area contributed by atoms with E-state index < -0.39 is 0 Å². The average Bonchev–Trinajstić information content (AvgIpc) is 2.82. The van der Waals surface area contributed by atoms with E-state index in [1.54, 1.807) is 0 Å². The minimum absolute atomic E-state index is 0.275. The predicted molar refractivity (Wildman–Crippen MR) is 132 cm³/mol. The maximum atomic E-state index is 12.6. The Morgan fingerprint density at radius 2 is 1.39 bits per heavy atom. The molecule has 0 saturated heterocycles. The van der Waals surface area contributed by atoms with Crippen LogP contribution in [-0.2, 0) is 19.1 Å². The number of rotatable bonds is 10. The molecule has 2 fully saturated rings. The minimum Gasteiger partial charge on any atom is -0.462 e. The molecule has 0 amide bonds. The topological polar surface area (TPSA) is 52.6 Å². The first-order chi connectivity index (χ1) is 16.0. The molecule has 0 aromatic heterocycles. The second-order valence-corrected chi connectivity index (χ2v) is 11.1. The van der Waals surface area contributed by atoms with Crippen molar-refractivity contribution in [3.63, 3.8) is 0 Å². The average molecular weight is 461 g/mol. The summed E-state index contributed by atoms with van der Waals surface area (Å²) in [7, 11) is 0. The molecule has 33 heavy (non-hydrogen) atoms. The molecule has 188 valence electrons. The lowest BCUT2D eigenvalue weighted by molar-refractivity contribution is -0.141. The van der Waals surface area contributed by atoms with Crippen LogP contribution in [0.5, 0.6) is 0 Å². The zero-order valence-corrected chi connectivity index (χ0v) is 21.5. The summed E-state index contributed by atoms with van der Waals surface area (Å²) in [4.78, 5) is 24.4. The number of unbranched alkanes of at least 4 members (excludes halogenated alkanes) is 2. The van der Waals surface area contributed by atoms with Crippen molar-refractivity contribution in [2.75, 3.05) is 6.61 Å². The molecule has 0 bridgehead atoms. The monoisotopic (exact) mass is 460 g/mol. The van der Waals surface area contributed by atoms with Crippen molar-refractivity contribution in [1.82, 2.24) is 0 Å². The first kappa shape index (κ1) is 26.3. The van der Waals surface area contributed by atoms with Crippen LogP contribution in [0.25, 0.3) is 0 Å². The van der Waals surface area contributed by atoms with Gasteiger partial charge in [0, 0.05) is 13.3 Å². The van der Waals surface area contributed by atoms with E-state index in [9.17, 15) is 9.59 Å². The normalized spacial score (nSPS) is 30.7. The van der Waals surface area contributed by atoms with E-state index in [0.717, 1.165) is 49.9 Å². The molecule has 0 N–H and O–H groups in total. The predicted octanol–water partition coefficient (Wildman–Crippen LogP) is 7.75. The Balaban J connectivity index is 1.50. The molecular formula is C29H48O4. The summed E-state index contributed by atoms with van der Waals surface area (Å²) in [5.41, 5.74) is 0.607. The zero-order valence-electron chi connectivity index (χ0n) is 21.5. The van der Waals surface area contributed by atoms with Gasteiger partial charge in [-0.2, -0.15) is 0 Å². The summed E-state index contributed by atoms with van der Waals surface area (Å²) in [6.07, 6.45) is 19.4. The molecule has 0 spiro atoms. The quantitative estimate of drug-likeness (QED) is 0.247. The first-order valence-electron chi connectivity index (χ1n) is 14.1. The maximum absolute atomic E-state index is 12.6. The van der Waals surface area contributed by atoms with Gasteiger partial charge >= 0.3 is 11.9 Å². The molecule has 3 aliphatic carbocycles. The van der Waals surface area contributed by atoms with E-state index in [1.807, 2.05) is 0 Å². The third-order valence-corrected chi connectivity index (χ3v) is 8.78. The number of ether oxygens (including phenoxy) is 2. The summed E-state index contributed by atoms with van der Waals surface area (Å²) in [6.45, 7) is 6.34. The van der Waals surface area contributed by atoms with E-state index in [1.165, 1.54) is 71.1 Å². The van der Waals surface area contributed by atoms with Gasteiger partial charge in [-0.15, -0.1) is 0 Å². The van der Waals surface area contributed by atoms with Crippen molar-refractivity contribution in [1.29, 1.82) is 0 Å². The minimum atomic E-state index is -0.329. The van der Waals surface area contributed by atoms with Crippen LogP contribution in [0.15, 0.2) is 11.3 Å². The lowest BCUT2D eigenvalue weighted by atomic mass is 9.65.